The zero-order chi connectivity index (χ0) is 15.7. The molecular weight excluding hydrogens is 282 g/mol. The number of fused-ring (bicyclic) bond motifs is 1. The molecule has 0 atom stereocenters. The van der Waals surface area contributed by atoms with Gasteiger partial charge in [0.1, 0.15) is 5.82 Å². The van der Waals surface area contributed by atoms with Gasteiger partial charge >= 0.3 is 5.97 Å². The lowest BCUT2D eigenvalue weighted by molar-refractivity contribution is -0.137. The Morgan fingerprint density at radius 2 is 2.27 bits per heavy atom. The van der Waals surface area contributed by atoms with Crippen molar-refractivity contribution in [3.8, 4) is 0 Å². The summed E-state index contributed by atoms with van der Waals surface area (Å²) in [5.41, 5.74) is 4.03. The second-order valence-electron chi connectivity index (χ2n) is 5.16. The van der Waals surface area contributed by atoms with Crippen LogP contribution >= 0.6 is 0 Å². The summed E-state index contributed by atoms with van der Waals surface area (Å²) >= 11 is 0. The number of anilines is 1. The molecule has 0 saturated heterocycles. The van der Waals surface area contributed by atoms with Gasteiger partial charge in [-0.2, -0.15) is 0 Å². The van der Waals surface area contributed by atoms with E-state index in [1.54, 1.807) is 24.5 Å². The number of carboxylic acid groups (broad SMARTS) is 1. The summed E-state index contributed by atoms with van der Waals surface area (Å²) in [5, 5.41) is 11.5. The number of nitrogens with one attached hydrogen (secondary N) is 2. The summed E-state index contributed by atoms with van der Waals surface area (Å²) in [7, 11) is 0. The van der Waals surface area contributed by atoms with Crippen LogP contribution < -0.4 is 5.32 Å². The highest BCUT2D eigenvalue weighted by molar-refractivity contribution is 6.34. The molecule has 0 fully saturated rings. The first kappa shape index (κ1) is 14.1. The fourth-order valence-electron chi connectivity index (χ4n) is 2.51. The number of aliphatic carboxylic acids is 1. The molecule has 0 radical (unpaired) electrons. The Kier molecular flexibility index (Phi) is 3.50. The SMILES string of the molecule is Cc1c(CCC(=O)O)c[nH]c1/C=C1\C(=O)Nc2ncccc21. The van der Waals surface area contributed by atoms with Crippen molar-refractivity contribution in [3.63, 3.8) is 0 Å². The molecule has 1 aliphatic rings. The molecule has 3 heterocycles. The third-order valence-corrected chi connectivity index (χ3v) is 3.76. The second-order valence-corrected chi connectivity index (χ2v) is 5.16. The van der Waals surface area contributed by atoms with Crippen LogP contribution in [-0.2, 0) is 16.0 Å². The van der Waals surface area contributed by atoms with E-state index in [1.165, 1.54) is 0 Å². The van der Waals surface area contributed by atoms with Crippen molar-refractivity contribution in [1.29, 1.82) is 0 Å². The van der Waals surface area contributed by atoms with Crippen molar-refractivity contribution in [1.82, 2.24) is 9.97 Å². The maximum absolute atomic E-state index is 12.1. The van der Waals surface area contributed by atoms with Gasteiger partial charge in [-0.3, -0.25) is 9.59 Å². The molecule has 6 nitrogen and oxygen atoms in total. The van der Waals surface area contributed by atoms with Crippen molar-refractivity contribution in [2.45, 2.75) is 19.8 Å². The predicted octanol–water partition coefficient (Wildman–Crippen LogP) is 2.23. The van der Waals surface area contributed by atoms with Crippen LogP contribution in [0.15, 0.2) is 24.5 Å². The number of carbonyl (C=O) groups excluding carboxylic acids is 1. The molecule has 0 bridgehead atoms. The highest BCUT2D eigenvalue weighted by Crippen LogP contribution is 2.31. The van der Waals surface area contributed by atoms with Crippen molar-refractivity contribution >= 4 is 29.3 Å². The molecule has 22 heavy (non-hydrogen) atoms. The Hall–Kier alpha value is -2.89. The molecule has 1 amide bonds. The molecular formula is C16H15N3O3. The molecule has 3 rings (SSSR count). The molecule has 3 N–H and O–H groups in total. The van der Waals surface area contributed by atoms with Crippen LogP contribution in [0.25, 0.3) is 11.6 Å². The Balaban J connectivity index is 1.93. The Morgan fingerprint density at radius 1 is 1.45 bits per heavy atom. The number of carboxylic acids is 1. The first-order chi connectivity index (χ1) is 10.6. The predicted molar refractivity (Wildman–Crippen MR) is 82.2 cm³/mol. The molecule has 0 aromatic carbocycles. The quantitative estimate of drug-likeness (QED) is 0.754. The van der Waals surface area contributed by atoms with Crippen LogP contribution in [0.1, 0.15) is 28.8 Å². The van der Waals surface area contributed by atoms with Crippen molar-refractivity contribution in [3.05, 3.63) is 46.9 Å². The number of rotatable bonds is 4. The summed E-state index contributed by atoms with van der Waals surface area (Å²) in [6.45, 7) is 1.91. The average Bonchev–Trinajstić information content (AvgIpc) is 2.99. The third kappa shape index (κ3) is 2.50. The number of carbonyl (C=O) groups is 2. The topological polar surface area (TPSA) is 95.1 Å². The lowest BCUT2D eigenvalue weighted by Crippen LogP contribution is -2.04. The number of aromatic nitrogens is 2. The average molecular weight is 297 g/mol. The van der Waals surface area contributed by atoms with Gasteiger partial charge in [-0.05, 0) is 42.7 Å². The van der Waals surface area contributed by atoms with E-state index in [1.807, 2.05) is 13.0 Å². The fraction of sp³-hybridized carbons (Fsp3) is 0.188. The van der Waals surface area contributed by atoms with Crippen LogP contribution in [0.3, 0.4) is 0 Å². The maximum Gasteiger partial charge on any atom is 0.303 e. The van der Waals surface area contributed by atoms with E-state index in [-0.39, 0.29) is 12.3 Å². The smallest absolute Gasteiger partial charge is 0.303 e. The van der Waals surface area contributed by atoms with Crippen LogP contribution in [0.5, 0.6) is 0 Å². The standard InChI is InChI=1S/C16H15N3O3/c1-9-10(4-5-14(20)21)8-18-13(9)7-12-11-3-2-6-17-15(11)19-16(12)22/h2-3,6-8,18H,4-5H2,1H3,(H,20,21)(H,17,19,22)/b12-7-. The summed E-state index contributed by atoms with van der Waals surface area (Å²) in [6.07, 6.45) is 5.75. The molecule has 0 unspecified atom stereocenters. The fourth-order valence-corrected chi connectivity index (χ4v) is 2.51. The first-order valence-corrected chi connectivity index (χ1v) is 6.93. The van der Waals surface area contributed by atoms with Gasteiger partial charge < -0.3 is 15.4 Å². The van der Waals surface area contributed by atoms with E-state index in [2.05, 4.69) is 15.3 Å². The third-order valence-electron chi connectivity index (χ3n) is 3.76. The number of hydrogen-bond donors (Lipinski definition) is 3. The minimum atomic E-state index is -0.823. The molecule has 1 aliphatic heterocycles. The summed E-state index contributed by atoms with van der Waals surface area (Å²) in [6, 6.07) is 3.63. The van der Waals surface area contributed by atoms with Gasteiger partial charge in [-0.1, -0.05) is 0 Å². The van der Waals surface area contributed by atoms with E-state index in [0.717, 1.165) is 22.4 Å². The molecule has 0 saturated carbocycles. The maximum atomic E-state index is 12.1. The van der Waals surface area contributed by atoms with Crippen LogP contribution in [0.2, 0.25) is 0 Å². The lowest BCUT2D eigenvalue weighted by Gasteiger charge is -1.99. The van der Waals surface area contributed by atoms with Crippen molar-refractivity contribution in [2.24, 2.45) is 0 Å². The molecule has 6 heteroatoms. The van der Waals surface area contributed by atoms with Gasteiger partial charge in [0.05, 0.1) is 5.57 Å². The number of nitrogens with zero attached hydrogens (tertiary/aromatic N) is 1. The highest BCUT2D eigenvalue weighted by Gasteiger charge is 2.25. The van der Waals surface area contributed by atoms with Gasteiger partial charge in [0, 0.05) is 30.1 Å². The Bertz CT molecular complexity index is 790. The van der Waals surface area contributed by atoms with E-state index >= 15 is 0 Å². The minimum Gasteiger partial charge on any atom is -0.481 e. The lowest BCUT2D eigenvalue weighted by atomic mass is 10.0. The van der Waals surface area contributed by atoms with Gasteiger partial charge in [0.2, 0.25) is 0 Å². The number of aromatic amines is 1. The minimum absolute atomic E-state index is 0.0853. The summed E-state index contributed by atoms with van der Waals surface area (Å²) < 4.78 is 0. The number of hydrogen-bond acceptors (Lipinski definition) is 3. The van der Waals surface area contributed by atoms with Crippen LogP contribution in [0.4, 0.5) is 5.82 Å². The molecule has 2 aromatic heterocycles. The number of aryl methyl sites for hydroxylation is 1. The summed E-state index contributed by atoms with van der Waals surface area (Å²) in [5.74, 6) is -0.445. The van der Waals surface area contributed by atoms with Gasteiger partial charge in [0.25, 0.3) is 5.91 Å². The number of amides is 1. The van der Waals surface area contributed by atoms with Gasteiger partial charge in [-0.25, -0.2) is 4.98 Å². The van der Waals surface area contributed by atoms with E-state index < -0.39 is 5.97 Å². The zero-order valence-electron chi connectivity index (χ0n) is 12.0. The highest BCUT2D eigenvalue weighted by atomic mass is 16.4. The second kappa shape index (κ2) is 5.48. The molecule has 2 aromatic rings. The van der Waals surface area contributed by atoms with Gasteiger partial charge in [0.15, 0.2) is 0 Å². The largest absolute Gasteiger partial charge is 0.481 e. The monoisotopic (exact) mass is 297 g/mol. The van der Waals surface area contributed by atoms with E-state index in [0.29, 0.717) is 17.8 Å². The van der Waals surface area contributed by atoms with E-state index in [9.17, 15) is 9.59 Å². The van der Waals surface area contributed by atoms with Crippen LogP contribution in [-0.4, -0.2) is 27.0 Å². The number of H-pyrrole nitrogens is 1. The molecule has 0 spiro atoms. The molecule has 112 valence electrons. The summed E-state index contributed by atoms with van der Waals surface area (Å²) in [4.78, 5) is 30.0. The normalized spacial score (nSPS) is 15.0. The van der Waals surface area contributed by atoms with Gasteiger partial charge in [-0.15, -0.1) is 0 Å². The van der Waals surface area contributed by atoms with E-state index in [4.69, 9.17) is 5.11 Å². The zero-order valence-corrected chi connectivity index (χ0v) is 12.0. The number of pyridine rings is 1. The van der Waals surface area contributed by atoms with Crippen LogP contribution in [0, 0.1) is 6.92 Å². The van der Waals surface area contributed by atoms with Crippen molar-refractivity contribution < 1.29 is 14.7 Å². The Labute approximate surface area is 126 Å². The first-order valence-electron chi connectivity index (χ1n) is 6.93. The molecule has 0 aliphatic carbocycles. The van der Waals surface area contributed by atoms with Crippen molar-refractivity contribution in [2.75, 3.05) is 5.32 Å². The Morgan fingerprint density at radius 3 is 3.05 bits per heavy atom.